The molecule has 7 heteroatoms. The number of aryl methyl sites for hydroxylation is 1. The predicted molar refractivity (Wildman–Crippen MR) is 162 cm³/mol. The number of anilines is 1. The Morgan fingerprint density at radius 1 is 1.00 bits per heavy atom. The number of carbonyl (C=O) groups is 1. The Morgan fingerprint density at radius 3 is 2.40 bits per heavy atom. The van der Waals surface area contributed by atoms with Crippen molar-refractivity contribution in [1.29, 1.82) is 0 Å². The van der Waals surface area contributed by atoms with Gasteiger partial charge in [0, 0.05) is 30.1 Å². The number of carbonyl (C=O) groups excluding carboxylic acids is 1. The van der Waals surface area contributed by atoms with E-state index in [0.717, 1.165) is 87.2 Å². The van der Waals surface area contributed by atoms with Gasteiger partial charge in [-0.1, -0.05) is 12.1 Å². The van der Waals surface area contributed by atoms with Crippen LogP contribution in [0, 0.1) is 18.3 Å². The molecule has 1 aromatic carbocycles. The van der Waals surface area contributed by atoms with Gasteiger partial charge in [0.1, 0.15) is 11.6 Å². The van der Waals surface area contributed by atoms with Crippen LogP contribution in [0.4, 0.5) is 5.82 Å². The molecule has 1 N–H and O–H groups in total. The lowest BCUT2D eigenvalue weighted by atomic mass is 9.51. The Bertz CT molecular complexity index is 1430. The van der Waals surface area contributed by atoms with Crippen LogP contribution in [0.15, 0.2) is 47.1 Å². The van der Waals surface area contributed by atoms with Crippen LogP contribution in [0.2, 0.25) is 0 Å². The molecule has 2 aromatic heterocycles. The van der Waals surface area contributed by atoms with Crippen molar-refractivity contribution >= 4 is 11.7 Å². The van der Waals surface area contributed by atoms with Crippen molar-refractivity contribution in [3.63, 3.8) is 0 Å². The molecule has 0 saturated heterocycles. The maximum Gasteiger partial charge on any atom is 0.231 e. The van der Waals surface area contributed by atoms with E-state index in [1.54, 1.807) is 13.3 Å². The number of aromatic nitrogens is 2. The van der Waals surface area contributed by atoms with Crippen LogP contribution < -0.4 is 9.64 Å². The van der Waals surface area contributed by atoms with Crippen molar-refractivity contribution in [2.75, 3.05) is 18.6 Å². The van der Waals surface area contributed by atoms with Crippen molar-refractivity contribution in [2.24, 2.45) is 11.3 Å². The van der Waals surface area contributed by atoms with Crippen LogP contribution in [0.1, 0.15) is 100.0 Å². The third kappa shape index (κ3) is 5.14. The number of rotatable bonds is 8. The van der Waals surface area contributed by atoms with Gasteiger partial charge in [-0.3, -0.25) is 9.69 Å². The predicted octanol–water partition coefficient (Wildman–Crippen LogP) is 7.11. The largest absolute Gasteiger partial charge is 0.496 e. The van der Waals surface area contributed by atoms with Gasteiger partial charge in [-0.2, -0.15) is 0 Å². The van der Waals surface area contributed by atoms with Gasteiger partial charge in [0.05, 0.1) is 19.4 Å². The smallest absolute Gasteiger partial charge is 0.231 e. The molecule has 1 amide bonds. The van der Waals surface area contributed by atoms with Crippen LogP contribution in [-0.2, 0) is 10.2 Å². The molecule has 0 aliphatic heterocycles. The zero-order chi connectivity index (χ0) is 28.9. The molecule has 0 radical (unpaired) electrons. The summed E-state index contributed by atoms with van der Waals surface area (Å²) >= 11 is 0. The summed E-state index contributed by atoms with van der Waals surface area (Å²) in [5.74, 6) is 3.74. The van der Waals surface area contributed by atoms with E-state index in [1.807, 2.05) is 23.2 Å². The second kappa shape index (κ2) is 10.8. The first kappa shape index (κ1) is 27.6. The number of methoxy groups -OCH3 is 1. The van der Waals surface area contributed by atoms with Gasteiger partial charge in [0.25, 0.3) is 0 Å². The fraction of sp³-hybridized carbons (Fsp3) is 0.571. The summed E-state index contributed by atoms with van der Waals surface area (Å²) in [6, 6.07) is 10.7. The lowest BCUT2D eigenvalue weighted by Gasteiger charge is -2.55. The number of hydrogen-bond donors (Lipinski definition) is 1. The molecule has 5 aliphatic rings. The van der Waals surface area contributed by atoms with Crippen molar-refractivity contribution in [2.45, 2.75) is 101 Å². The first-order valence-corrected chi connectivity index (χ1v) is 15.9. The minimum absolute atomic E-state index is 0.0736. The first-order valence-electron chi connectivity index (χ1n) is 15.9. The third-order valence-electron chi connectivity index (χ3n) is 11.0. The van der Waals surface area contributed by atoms with Gasteiger partial charge >= 0.3 is 0 Å². The van der Waals surface area contributed by atoms with Crippen LogP contribution in [-0.4, -0.2) is 40.7 Å². The Hall–Kier alpha value is -3.19. The first-order chi connectivity index (χ1) is 20.4. The van der Waals surface area contributed by atoms with Gasteiger partial charge in [0.2, 0.25) is 5.91 Å². The number of aliphatic hydroxyl groups is 1. The summed E-state index contributed by atoms with van der Waals surface area (Å²) in [7, 11) is 1.74. The molecule has 3 aromatic rings. The molecule has 2 bridgehead atoms. The highest BCUT2D eigenvalue weighted by Crippen LogP contribution is 2.58. The van der Waals surface area contributed by atoms with E-state index >= 15 is 0 Å². The van der Waals surface area contributed by atoms with Crippen molar-refractivity contribution in [1.82, 2.24) is 9.97 Å². The maximum absolute atomic E-state index is 14.2. The van der Waals surface area contributed by atoms with Crippen LogP contribution in [0.3, 0.4) is 0 Å². The Balaban J connectivity index is 1.15. The summed E-state index contributed by atoms with van der Waals surface area (Å²) < 4.78 is 11.6. The summed E-state index contributed by atoms with van der Waals surface area (Å²) in [6.45, 7) is 2.83. The Morgan fingerprint density at radius 2 is 1.74 bits per heavy atom. The Kier molecular flexibility index (Phi) is 7.12. The monoisotopic (exact) mass is 569 g/mol. The highest BCUT2D eigenvalue weighted by Gasteiger charge is 2.51. The molecule has 0 spiro atoms. The highest BCUT2D eigenvalue weighted by atomic mass is 16.5. The number of pyridine rings is 1. The van der Waals surface area contributed by atoms with E-state index in [2.05, 4.69) is 30.1 Å². The van der Waals surface area contributed by atoms with E-state index in [4.69, 9.17) is 14.1 Å². The fourth-order valence-corrected chi connectivity index (χ4v) is 7.95. The number of amides is 1. The molecule has 0 unspecified atom stereocenters. The van der Waals surface area contributed by atoms with Crippen LogP contribution >= 0.6 is 0 Å². The second-order valence-corrected chi connectivity index (χ2v) is 13.6. The average Bonchev–Trinajstić information content (AvgIpc) is 3.76. The van der Waals surface area contributed by atoms with E-state index in [1.165, 1.54) is 11.1 Å². The normalized spacial score (nSPS) is 28.9. The van der Waals surface area contributed by atoms with E-state index in [0.29, 0.717) is 31.1 Å². The van der Waals surface area contributed by atoms with Crippen molar-refractivity contribution < 1.29 is 19.1 Å². The fourth-order valence-electron chi connectivity index (χ4n) is 7.95. The summed E-state index contributed by atoms with van der Waals surface area (Å²) in [5.41, 5.74) is 3.86. The lowest BCUT2D eigenvalue weighted by molar-refractivity contribution is -0.124. The molecular formula is C35H43N3O4. The average molecular weight is 570 g/mol. The topological polar surface area (TPSA) is 88.7 Å². The molecule has 222 valence electrons. The zero-order valence-corrected chi connectivity index (χ0v) is 25.0. The standard InChI is InChI=1S/C35H43N3O4/c1-23-19-27(7-10-29(23)41-2)35-15-12-34(13-16-35,14-17-35)22-38(33(40)25-5-8-28(39)9-6-25)31-20-26(11-18-36-31)30-21-37-32(42-30)24-3-4-24/h7,10-11,18-21,24-25,28,39H,3-6,8-9,12-17,22H2,1-2H3. The molecule has 8 rings (SSSR count). The highest BCUT2D eigenvalue weighted by molar-refractivity contribution is 5.94. The summed E-state index contributed by atoms with van der Waals surface area (Å²) in [6.07, 6.45) is 15.2. The van der Waals surface area contributed by atoms with Crippen molar-refractivity contribution in [3.8, 4) is 17.1 Å². The Labute approximate surface area is 248 Å². The number of hydrogen-bond acceptors (Lipinski definition) is 6. The zero-order valence-electron chi connectivity index (χ0n) is 25.0. The van der Waals surface area contributed by atoms with E-state index < -0.39 is 0 Å². The quantitative estimate of drug-likeness (QED) is 0.311. The van der Waals surface area contributed by atoms with E-state index in [9.17, 15) is 9.90 Å². The molecule has 5 aliphatic carbocycles. The third-order valence-corrected chi connectivity index (χ3v) is 11.0. The van der Waals surface area contributed by atoms with E-state index in [-0.39, 0.29) is 28.8 Å². The number of oxazole rings is 1. The van der Waals surface area contributed by atoms with Gasteiger partial charge < -0.3 is 14.3 Å². The van der Waals surface area contributed by atoms with Gasteiger partial charge in [-0.05, 0) is 124 Å². The number of ether oxygens (including phenoxy) is 1. The van der Waals surface area contributed by atoms with Crippen molar-refractivity contribution in [3.05, 3.63) is 59.7 Å². The lowest BCUT2D eigenvalue weighted by Crippen LogP contribution is -2.52. The number of aliphatic hydroxyl groups excluding tert-OH is 1. The van der Waals surface area contributed by atoms with Crippen LogP contribution in [0.25, 0.3) is 11.3 Å². The minimum atomic E-state index is -0.291. The molecule has 5 saturated carbocycles. The van der Waals surface area contributed by atoms with Gasteiger partial charge in [-0.15, -0.1) is 0 Å². The SMILES string of the molecule is COc1ccc(C23CCC(CN(C(=O)C4CCC(O)CC4)c4cc(-c5cnc(C6CC6)o5)ccn4)(CC2)CC3)cc1C. The number of nitrogens with zero attached hydrogens (tertiary/aromatic N) is 3. The number of fused-ring (bicyclic) bond motifs is 3. The molecule has 5 fully saturated rings. The van der Waals surface area contributed by atoms with Crippen LogP contribution in [0.5, 0.6) is 5.75 Å². The van der Waals surface area contributed by atoms with Gasteiger partial charge in [0.15, 0.2) is 11.7 Å². The summed E-state index contributed by atoms with van der Waals surface area (Å²) in [4.78, 5) is 25.5. The molecule has 2 heterocycles. The maximum atomic E-state index is 14.2. The number of benzene rings is 1. The second-order valence-electron chi connectivity index (χ2n) is 13.6. The minimum Gasteiger partial charge on any atom is -0.496 e. The molecule has 42 heavy (non-hydrogen) atoms. The van der Waals surface area contributed by atoms with Gasteiger partial charge in [-0.25, -0.2) is 9.97 Å². The molecule has 0 atom stereocenters. The molecular weight excluding hydrogens is 526 g/mol. The molecule has 7 nitrogen and oxygen atoms in total. The summed E-state index contributed by atoms with van der Waals surface area (Å²) in [5, 5.41) is 10.1.